The molecule has 26 heavy (non-hydrogen) atoms. The third kappa shape index (κ3) is 3.94. The molecule has 0 spiro atoms. The molecule has 1 heterocycles. The number of aromatic carboxylic acids is 1. The van der Waals surface area contributed by atoms with Crippen LogP contribution in [0.5, 0.6) is 0 Å². The highest BCUT2D eigenvalue weighted by Gasteiger charge is 2.24. The van der Waals surface area contributed by atoms with Crippen LogP contribution in [0.4, 0.5) is 0 Å². The van der Waals surface area contributed by atoms with Gasteiger partial charge in [-0.2, -0.15) is 0 Å². The van der Waals surface area contributed by atoms with Crippen LogP contribution in [0.25, 0.3) is 0 Å². The number of hydrogen-bond donors (Lipinski definition) is 1. The minimum atomic E-state index is -3.62. The third-order valence-corrected chi connectivity index (χ3v) is 5.73. The van der Waals surface area contributed by atoms with Gasteiger partial charge < -0.3 is 14.6 Å². The largest absolute Gasteiger partial charge is 0.478 e. The first-order chi connectivity index (χ1) is 12.0. The van der Waals surface area contributed by atoms with E-state index < -0.39 is 16.0 Å². The number of aromatic nitrogens is 1. The van der Waals surface area contributed by atoms with Crippen LogP contribution in [0, 0.1) is 0 Å². The summed E-state index contributed by atoms with van der Waals surface area (Å²) in [6.07, 6.45) is 1.40. The lowest BCUT2D eigenvalue weighted by Crippen LogP contribution is -2.27. The van der Waals surface area contributed by atoms with Gasteiger partial charge in [-0.3, -0.25) is 4.79 Å². The van der Waals surface area contributed by atoms with Gasteiger partial charge in [0.25, 0.3) is 5.91 Å². The first-order valence-electron chi connectivity index (χ1n) is 7.70. The maximum Gasteiger partial charge on any atom is 0.335 e. The molecule has 9 heteroatoms. The maximum atomic E-state index is 12.7. The zero-order valence-corrected chi connectivity index (χ0v) is 15.8. The molecule has 0 atom stereocenters. The minimum absolute atomic E-state index is 0.0487. The molecule has 8 nitrogen and oxygen atoms in total. The molecule has 1 amide bonds. The van der Waals surface area contributed by atoms with Gasteiger partial charge in [-0.25, -0.2) is 17.5 Å². The fraction of sp³-hybridized carbons (Fsp3) is 0.294. The number of rotatable bonds is 6. The molecule has 0 bridgehead atoms. The Morgan fingerprint density at radius 2 is 1.69 bits per heavy atom. The van der Waals surface area contributed by atoms with E-state index in [1.165, 1.54) is 48.0 Å². The molecule has 2 aromatic rings. The first-order valence-corrected chi connectivity index (χ1v) is 9.14. The molecule has 0 radical (unpaired) electrons. The number of hydrogen-bond acceptors (Lipinski definition) is 4. The van der Waals surface area contributed by atoms with Crippen molar-refractivity contribution in [1.29, 1.82) is 0 Å². The zero-order chi connectivity index (χ0) is 19.6. The summed E-state index contributed by atoms with van der Waals surface area (Å²) in [5.41, 5.74) is 1.18. The first kappa shape index (κ1) is 19.7. The van der Waals surface area contributed by atoms with E-state index in [4.69, 9.17) is 5.11 Å². The second kappa shape index (κ2) is 7.30. The maximum absolute atomic E-state index is 12.7. The standard InChI is InChI=1S/C17H21N3O5S/c1-18(2)26(24,25)14-9-15(19(3)11-14)16(21)20(4)10-12-5-7-13(8-6-12)17(22)23/h5-9,11H,10H2,1-4H3,(H,22,23). The Labute approximate surface area is 152 Å². The molecule has 0 aliphatic carbocycles. The second-order valence-corrected chi connectivity index (χ2v) is 8.27. The molecule has 1 aromatic heterocycles. The van der Waals surface area contributed by atoms with Gasteiger partial charge in [0, 0.05) is 40.9 Å². The van der Waals surface area contributed by atoms with Crippen molar-refractivity contribution in [2.45, 2.75) is 11.4 Å². The van der Waals surface area contributed by atoms with Crippen LogP contribution >= 0.6 is 0 Å². The Morgan fingerprint density at radius 1 is 1.12 bits per heavy atom. The van der Waals surface area contributed by atoms with Crippen molar-refractivity contribution in [3.8, 4) is 0 Å². The molecule has 1 aromatic carbocycles. The van der Waals surface area contributed by atoms with Gasteiger partial charge in [0.05, 0.1) is 5.56 Å². The van der Waals surface area contributed by atoms with Gasteiger partial charge in [-0.1, -0.05) is 12.1 Å². The lowest BCUT2D eigenvalue weighted by atomic mass is 10.1. The quantitative estimate of drug-likeness (QED) is 0.814. The zero-order valence-electron chi connectivity index (χ0n) is 15.0. The number of benzene rings is 1. The molecule has 0 unspecified atom stereocenters. The van der Waals surface area contributed by atoms with Gasteiger partial charge in [0.1, 0.15) is 10.6 Å². The van der Waals surface area contributed by atoms with Crippen molar-refractivity contribution in [2.24, 2.45) is 7.05 Å². The number of aryl methyl sites for hydroxylation is 1. The van der Waals surface area contributed by atoms with E-state index in [1.807, 2.05) is 0 Å². The van der Waals surface area contributed by atoms with Gasteiger partial charge in [0.2, 0.25) is 10.0 Å². The summed E-state index contributed by atoms with van der Waals surface area (Å²) in [6, 6.07) is 7.57. The van der Waals surface area contributed by atoms with Crippen LogP contribution in [0.1, 0.15) is 26.4 Å². The van der Waals surface area contributed by atoms with Crippen LogP contribution in [-0.2, 0) is 23.6 Å². The predicted octanol–water partition coefficient (Wildman–Crippen LogP) is 1.25. The average Bonchev–Trinajstić information content (AvgIpc) is 2.96. The van der Waals surface area contributed by atoms with Crippen molar-refractivity contribution >= 4 is 21.9 Å². The van der Waals surface area contributed by atoms with E-state index in [0.717, 1.165) is 9.87 Å². The van der Waals surface area contributed by atoms with E-state index in [0.29, 0.717) is 0 Å². The van der Waals surface area contributed by atoms with E-state index in [1.54, 1.807) is 26.2 Å². The summed E-state index contributed by atoms with van der Waals surface area (Å²) >= 11 is 0. The number of carbonyl (C=O) groups is 2. The molecule has 0 saturated heterocycles. The smallest absolute Gasteiger partial charge is 0.335 e. The van der Waals surface area contributed by atoms with Crippen LogP contribution in [0.2, 0.25) is 0 Å². The lowest BCUT2D eigenvalue weighted by Gasteiger charge is -2.17. The molecular weight excluding hydrogens is 358 g/mol. The van der Waals surface area contributed by atoms with Gasteiger partial charge in [-0.05, 0) is 23.8 Å². The van der Waals surface area contributed by atoms with E-state index in [-0.39, 0.29) is 28.6 Å². The minimum Gasteiger partial charge on any atom is -0.478 e. The predicted molar refractivity (Wildman–Crippen MR) is 95.5 cm³/mol. The number of carboxylic acid groups (broad SMARTS) is 1. The number of carbonyl (C=O) groups excluding carboxylic acids is 1. The highest BCUT2D eigenvalue weighted by atomic mass is 32.2. The molecule has 1 N–H and O–H groups in total. The molecule has 2 rings (SSSR count). The van der Waals surface area contributed by atoms with Gasteiger partial charge in [-0.15, -0.1) is 0 Å². The number of nitrogens with zero attached hydrogens (tertiary/aromatic N) is 3. The Morgan fingerprint density at radius 3 is 2.19 bits per heavy atom. The van der Waals surface area contributed by atoms with Crippen LogP contribution in [-0.4, -0.2) is 60.3 Å². The second-order valence-electron chi connectivity index (χ2n) is 6.12. The van der Waals surface area contributed by atoms with E-state index in [9.17, 15) is 18.0 Å². The fourth-order valence-corrected chi connectivity index (χ4v) is 3.37. The topological polar surface area (TPSA) is 99.9 Å². The summed E-state index contributed by atoms with van der Waals surface area (Å²) in [5, 5.41) is 8.91. The number of amides is 1. The Balaban J connectivity index is 2.20. The normalized spacial score (nSPS) is 11.6. The van der Waals surface area contributed by atoms with Gasteiger partial charge in [0.15, 0.2) is 0 Å². The molecule has 0 aliphatic heterocycles. The number of sulfonamides is 1. The van der Waals surface area contributed by atoms with Crippen molar-refractivity contribution in [2.75, 3.05) is 21.1 Å². The molecule has 0 aliphatic rings. The van der Waals surface area contributed by atoms with Gasteiger partial charge >= 0.3 is 5.97 Å². The Kier molecular flexibility index (Phi) is 5.53. The molecular formula is C17H21N3O5S. The van der Waals surface area contributed by atoms with Crippen molar-refractivity contribution in [3.05, 3.63) is 53.3 Å². The fourth-order valence-electron chi connectivity index (χ4n) is 2.39. The van der Waals surface area contributed by atoms with Crippen molar-refractivity contribution in [3.63, 3.8) is 0 Å². The van der Waals surface area contributed by atoms with E-state index in [2.05, 4.69) is 0 Å². The van der Waals surface area contributed by atoms with Crippen LogP contribution in [0.3, 0.4) is 0 Å². The lowest BCUT2D eigenvalue weighted by molar-refractivity contribution is 0.0695. The average molecular weight is 379 g/mol. The SMILES string of the molecule is CN(Cc1ccc(C(=O)O)cc1)C(=O)c1cc(S(=O)(=O)N(C)C)cn1C. The summed E-state index contributed by atoms with van der Waals surface area (Å²) in [5.74, 6) is -1.35. The van der Waals surface area contributed by atoms with Crippen molar-refractivity contribution in [1.82, 2.24) is 13.8 Å². The molecule has 0 saturated carbocycles. The summed E-state index contributed by atoms with van der Waals surface area (Å²) in [7, 11) is 2.44. The monoisotopic (exact) mass is 379 g/mol. The molecule has 140 valence electrons. The third-order valence-electron chi connectivity index (χ3n) is 3.94. The van der Waals surface area contributed by atoms with Crippen molar-refractivity contribution < 1.29 is 23.1 Å². The van der Waals surface area contributed by atoms with Crippen LogP contribution in [0.15, 0.2) is 41.4 Å². The summed E-state index contributed by atoms with van der Waals surface area (Å²) in [4.78, 5) is 25.0. The van der Waals surface area contributed by atoms with Crippen LogP contribution < -0.4 is 0 Å². The number of carboxylic acids is 1. The Bertz CT molecular complexity index is 930. The highest BCUT2D eigenvalue weighted by Crippen LogP contribution is 2.18. The van der Waals surface area contributed by atoms with E-state index >= 15 is 0 Å². The summed E-state index contributed by atoms with van der Waals surface area (Å²) in [6.45, 7) is 0.264. The Hall–Kier alpha value is -2.65. The molecule has 0 fully saturated rings. The summed E-state index contributed by atoms with van der Waals surface area (Å²) < 4.78 is 27.0. The highest BCUT2D eigenvalue weighted by molar-refractivity contribution is 7.89.